The lowest BCUT2D eigenvalue weighted by molar-refractivity contribution is -0.137. The highest BCUT2D eigenvalue weighted by molar-refractivity contribution is 7.89. The standard InChI is InChI=1S/C16H22N2O5S/c1-11-7-12(2)9-18(8-11)15(19)10-23-16(20)13-3-5-14(6-4-13)24(17,21)22/h3-6,11-12H,7-10H2,1-2H3,(H2,17,21,22). The Kier molecular flexibility index (Phi) is 5.61. The molecule has 0 aliphatic carbocycles. The van der Waals surface area contributed by atoms with E-state index >= 15 is 0 Å². The van der Waals surface area contributed by atoms with E-state index in [0.29, 0.717) is 24.9 Å². The summed E-state index contributed by atoms with van der Waals surface area (Å²) in [7, 11) is -3.81. The molecule has 0 aromatic heterocycles. The molecule has 132 valence electrons. The van der Waals surface area contributed by atoms with Crippen LogP contribution in [0.5, 0.6) is 0 Å². The van der Waals surface area contributed by atoms with Crippen molar-refractivity contribution < 1.29 is 22.7 Å². The largest absolute Gasteiger partial charge is 0.452 e. The summed E-state index contributed by atoms with van der Waals surface area (Å²) in [6.07, 6.45) is 1.08. The lowest BCUT2D eigenvalue weighted by atomic mass is 9.92. The van der Waals surface area contributed by atoms with Crippen LogP contribution in [-0.2, 0) is 19.6 Å². The smallest absolute Gasteiger partial charge is 0.338 e. The third kappa shape index (κ3) is 4.78. The van der Waals surface area contributed by atoms with Crippen molar-refractivity contribution in [3.63, 3.8) is 0 Å². The number of hydrogen-bond acceptors (Lipinski definition) is 5. The van der Waals surface area contributed by atoms with Crippen molar-refractivity contribution in [3.05, 3.63) is 29.8 Å². The van der Waals surface area contributed by atoms with Crippen molar-refractivity contribution in [2.45, 2.75) is 25.2 Å². The molecule has 1 aromatic rings. The molecule has 1 aliphatic heterocycles. The minimum atomic E-state index is -3.81. The maximum atomic E-state index is 12.2. The highest BCUT2D eigenvalue weighted by Gasteiger charge is 2.26. The molecule has 24 heavy (non-hydrogen) atoms. The van der Waals surface area contributed by atoms with Crippen molar-refractivity contribution in [3.8, 4) is 0 Å². The highest BCUT2D eigenvalue weighted by Crippen LogP contribution is 2.21. The summed E-state index contributed by atoms with van der Waals surface area (Å²) in [5.41, 5.74) is 0.163. The fourth-order valence-electron chi connectivity index (χ4n) is 2.95. The Morgan fingerprint density at radius 3 is 2.21 bits per heavy atom. The first kappa shape index (κ1) is 18.4. The van der Waals surface area contributed by atoms with Crippen LogP contribution in [0.2, 0.25) is 0 Å². The van der Waals surface area contributed by atoms with Gasteiger partial charge in [0.05, 0.1) is 10.5 Å². The molecule has 2 rings (SSSR count). The number of sulfonamides is 1. The van der Waals surface area contributed by atoms with Gasteiger partial charge in [0.15, 0.2) is 6.61 Å². The zero-order valence-corrected chi connectivity index (χ0v) is 14.6. The molecule has 0 bridgehead atoms. The van der Waals surface area contributed by atoms with Crippen LogP contribution in [0.4, 0.5) is 0 Å². The minimum absolute atomic E-state index is 0.0913. The number of nitrogens with two attached hydrogens (primary N) is 1. The molecule has 1 saturated heterocycles. The summed E-state index contributed by atoms with van der Waals surface area (Å²) in [6, 6.07) is 5.05. The zero-order valence-electron chi connectivity index (χ0n) is 13.8. The lowest BCUT2D eigenvalue weighted by Crippen LogP contribution is -2.44. The van der Waals surface area contributed by atoms with Crippen molar-refractivity contribution in [2.75, 3.05) is 19.7 Å². The number of carbonyl (C=O) groups excluding carboxylic acids is 2. The summed E-state index contributed by atoms with van der Waals surface area (Å²) in [6.45, 7) is 5.20. The monoisotopic (exact) mass is 354 g/mol. The van der Waals surface area contributed by atoms with Gasteiger partial charge in [-0.25, -0.2) is 18.4 Å². The van der Waals surface area contributed by atoms with Gasteiger partial charge in [-0.1, -0.05) is 13.8 Å². The molecule has 0 radical (unpaired) electrons. The molecule has 2 N–H and O–H groups in total. The lowest BCUT2D eigenvalue weighted by Gasteiger charge is -2.34. The topological polar surface area (TPSA) is 107 Å². The fourth-order valence-corrected chi connectivity index (χ4v) is 3.46. The first-order chi connectivity index (χ1) is 11.2. The van der Waals surface area contributed by atoms with E-state index in [1.165, 1.54) is 24.3 Å². The van der Waals surface area contributed by atoms with Gasteiger partial charge in [0, 0.05) is 13.1 Å². The number of amides is 1. The highest BCUT2D eigenvalue weighted by atomic mass is 32.2. The van der Waals surface area contributed by atoms with E-state index in [1.54, 1.807) is 4.90 Å². The van der Waals surface area contributed by atoms with Gasteiger partial charge in [-0.05, 0) is 42.5 Å². The average Bonchev–Trinajstić information content (AvgIpc) is 2.50. The van der Waals surface area contributed by atoms with Gasteiger partial charge in [0.25, 0.3) is 5.91 Å². The quantitative estimate of drug-likeness (QED) is 0.812. The van der Waals surface area contributed by atoms with E-state index in [1.807, 2.05) is 0 Å². The van der Waals surface area contributed by atoms with Crippen LogP contribution in [0.15, 0.2) is 29.2 Å². The second kappa shape index (κ2) is 7.31. The fraction of sp³-hybridized carbons (Fsp3) is 0.500. The van der Waals surface area contributed by atoms with Gasteiger partial charge >= 0.3 is 5.97 Å². The zero-order chi connectivity index (χ0) is 17.9. The third-order valence-corrected chi connectivity index (χ3v) is 4.90. The molecule has 1 amide bonds. The number of hydrogen-bond donors (Lipinski definition) is 1. The van der Waals surface area contributed by atoms with E-state index in [2.05, 4.69) is 13.8 Å². The van der Waals surface area contributed by atoms with Crippen molar-refractivity contribution in [1.82, 2.24) is 4.90 Å². The molecule has 1 aromatic carbocycles. The molecule has 7 nitrogen and oxygen atoms in total. The van der Waals surface area contributed by atoms with Crippen molar-refractivity contribution in [2.24, 2.45) is 17.0 Å². The first-order valence-corrected chi connectivity index (χ1v) is 9.29. The van der Waals surface area contributed by atoms with Gasteiger partial charge in [0.2, 0.25) is 10.0 Å². The maximum Gasteiger partial charge on any atom is 0.338 e. The number of piperidine rings is 1. The number of esters is 1. The molecular formula is C16H22N2O5S. The number of ether oxygens (including phenoxy) is 1. The maximum absolute atomic E-state index is 12.2. The third-order valence-electron chi connectivity index (χ3n) is 3.97. The Balaban J connectivity index is 1.92. The van der Waals surface area contributed by atoms with E-state index < -0.39 is 16.0 Å². The number of primary sulfonamides is 1. The predicted molar refractivity (Wildman–Crippen MR) is 87.6 cm³/mol. The molecule has 1 fully saturated rings. The molecule has 0 spiro atoms. The van der Waals surface area contributed by atoms with Crippen LogP contribution in [0.25, 0.3) is 0 Å². The number of nitrogens with zero attached hydrogens (tertiary/aromatic N) is 1. The summed E-state index contributed by atoms with van der Waals surface area (Å²) in [5, 5.41) is 4.99. The van der Waals surface area contributed by atoms with Crippen LogP contribution in [0.1, 0.15) is 30.6 Å². The Bertz CT molecular complexity index is 704. The van der Waals surface area contributed by atoms with Crippen LogP contribution < -0.4 is 5.14 Å². The van der Waals surface area contributed by atoms with Gasteiger partial charge < -0.3 is 9.64 Å². The second-order valence-corrected chi connectivity index (χ2v) is 7.95. The number of rotatable bonds is 4. The molecular weight excluding hydrogens is 332 g/mol. The Labute approximate surface area is 141 Å². The summed E-state index contributed by atoms with van der Waals surface area (Å²) in [5.74, 6) is -0.0383. The van der Waals surface area contributed by atoms with Crippen LogP contribution in [0.3, 0.4) is 0 Å². The number of carbonyl (C=O) groups is 2. The number of likely N-dealkylation sites (tertiary alicyclic amines) is 1. The van der Waals surface area contributed by atoms with Crippen LogP contribution in [0, 0.1) is 11.8 Å². The van der Waals surface area contributed by atoms with Crippen LogP contribution in [-0.4, -0.2) is 44.9 Å². The molecule has 2 atom stereocenters. The molecule has 1 heterocycles. The Morgan fingerprint density at radius 2 is 1.71 bits per heavy atom. The SMILES string of the molecule is CC1CC(C)CN(C(=O)COC(=O)c2ccc(S(N)(=O)=O)cc2)C1. The van der Waals surface area contributed by atoms with Gasteiger partial charge in [-0.3, -0.25) is 4.79 Å². The molecule has 0 saturated carbocycles. The number of benzene rings is 1. The molecule has 1 aliphatic rings. The summed E-state index contributed by atoms with van der Waals surface area (Å²) < 4.78 is 27.4. The molecule has 2 unspecified atom stereocenters. The Morgan fingerprint density at radius 1 is 1.17 bits per heavy atom. The van der Waals surface area contributed by atoms with E-state index in [0.717, 1.165) is 6.42 Å². The van der Waals surface area contributed by atoms with E-state index in [-0.39, 0.29) is 23.0 Å². The van der Waals surface area contributed by atoms with Gasteiger partial charge in [-0.2, -0.15) is 0 Å². The molecule has 8 heteroatoms. The van der Waals surface area contributed by atoms with E-state index in [9.17, 15) is 18.0 Å². The normalized spacial score (nSPS) is 21.4. The predicted octanol–water partition coefficient (Wildman–Crippen LogP) is 0.995. The summed E-state index contributed by atoms with van der Waals surface area (Å²) in [4.78, 5) is 25.7. The van der Waals surface area contributed by atoms with E-state index in [4.69, 9.17) is 9.88 Å². The second-order valence-electron chi connectivity index (χ2n) is 6.39. The van der Waals surface area contributed by atoms with Gasteiger partial charge in [0.1, 0.15) is 0 Å². The van der Waals surface area contributed by atoms with Crippen molar-refractivity contribution in [1.29, 1.82) is 0 Å². The summed E-state index contributed by atoms with van der Waals surface area (Å²) >= 11 is 0. The first-order valence-electron chi connectivity index (χ1n) is 7.74. The average molecular weight is 354 g/mol. The minimum Gasteiger partial charge on any atom is -0.452 e. The van der Waals surface area contributed by atoms with Crippen molar-refractivity contribution >= 4 is 21.9 Å². The van der Waals surface area contributed by atoms with Crippen LogP contribution >= 0.6 is 0 Å². The van der Waals surface area contributed by atoms with Gasteiger partial charge in [-0.15, -0.1) is 0 Å². The Hall–Kier alpha value is -1.93.